The van der Waals surface area contributed by atoms with E-state index in [9.17, 15) is 5.11 Å². The Morgan fingerprint density at radius 2 is 1.87 bits per heavy atom. The first-order chi connectivity index (χ1) is 6.95. The summed E-state index contributed by atoms with van der Waals surface area (Å²) in [7, 11) is 3.22. The largest absolute Gasteiger partial charge is 0.396 e. The number of rotatable bonds is 8. The highest BCUT2D eigenvalue weighted by Gasteiger charge is 2.23. The van der Waals surface area contributed by atoms with E-state index in [0.29, 0.717) is 19.3 Å². The van der Waals surface area contributed by atoms with Crippen LogP contribution in [0.1, 0.15) is 33.1 Å². The third-order valence-corrected chi connectivity index (χ3v) is 2.60. The number of hydrogen-bond acceptors (Lipinski definition) is 4. The molecule has 0 amide bonds. The van der Waals surface area contributed by atoms with Crippen molar-refractivity contribution in [3.8, 4) is 0 Å². The zero-order chi connectivity index (χ0) is 11.9. The van der Waals surface area contributed by atoms with Crippen LogP contribution in [-0.4, -0.2) is 48.8 Å². The van der Waals surface area contributed by atoms with E-state index < -0.39 is 6.10 Å². The second-order valence-electron chi connectivity index (χ2n) is 4.43. The summed E-state index contributed by atoms with van der Waals surface area (Å²) in [6.07, 6.45) is 1.11. The van der Waals surface area contributed by atoms with Crippen molar-refractivity contribution in [3.05, 3.63) is 0 Å². The van der Waals surface area contributed by atoms with Crippen molar-refractivity contribution in [2.75, 3.05) is 20.8 Å². The van der Waals surface area contributed by atoms with Gasteiger partial charge in [-0.15, -0.1) is 0 Å². The van der Waals surface area contributed by atoms with Crippen molar-refractivity contribution < 1.29 is 19.7 Å². The first-order valence-electron chi connectivity index (χ1n) is 5.32. The Morgan fingerprint density at radius 3 is 2.27 bits per heavy atom. The smallest absolute Gasteiger partial charge is 0.0647 e. The molecule has 0 aromatic carbocycles. The molecule has 15 heavy (non-hydrogen) atoms. The van der Waals surface area contributed by atoms with Gasteiger partial charge in [-0.05, 0) is 26.7 Å². The molecule has 2 unspecified atom stereocenters. The summed E-state index contributed by atoms with van der Waals surface area (Å²) in [6.45, 7) is 3.95. The van der Waals surface area contributed by atoms with Gasteiger partial charge in [-0.25, -0.2) is 0 Å². The fraction of sp³-hybridized carbons (Fsp3) is 1.00. The van der Waals surface area contributed by atoms with Crippen LogP contribution >= 0.6 is 0 Å². The average Bonchev–Trinajstić information content (AvgIpc) is 2.16. The van der Waals surface area contributed by atoms with Crippen molar-refractivity contribution >= 4 is 0 Å². The molecule has 0 saturated carbocycles. The molecule has 0 aliphatic heterocycles. The summed E-state index contributed by atoms with van der Waals surface area (Å²) >= 11 is 0. The van der Waals surface area contributed by atoms with Gasteiger partial charge >= 0.3 is 0 Å². The quantitative estimate of drug-likeness (QED) is 0.639. The Bertz CT molecular complexity index is 159. The molecule has 0 radical (unpaired) electrons. The molecule has 0 bridgehead atoms. The Hall–Kier alpha value is -0.160. The maximum Gasteiger partial charge on any atom is 0.0647 e. The van der Waals surface area contributed by atoms with Gasteiger partial charge < -0.3 is 19.7 Å². The van der Waals surface area contributed by atoms with Crippen LogP contribution in [0.2, 0.25) is 0 Å². The molecule has 92 valence electrons. The van der Waals surface area contributed by atoms with Gasteiger partial charge in [0.25, 0.3) is 0 Å². The maximum atomic E-state index is 9.80. The van der Waals surface area contributed by atoms with E-state index in [1.807, 2.05) is 13.8 Å². The summed E-state index contributed by atoms with van der Waals surface area (Å²) in [5.41, 5.74) is -0.322. The van der Waals surface area contributed by atoms with Crippen molar-refractivity contribution in [3.63, 3.8) is 0 Å². The second-order valence-corrected chi connectivity index (χ2v) is 4.43. The fourth-order valence-corrected chi connectivity index (χ4v) is 1.51. The van der Waals surface area contributed by atoms with E-state index in [0.717, 1.165) is 0 Å². The summed E-state index contributed by atoms with van der Waals surface area (Å²) in [5.74, 6) is 0. The highest BCUT2D eigenvalue weighted by molar-refractivity contribution is 4.75. The van der Waals surface area contributed by atoms with Crippen molar-refractivity contribution in [2.24, 2.45) is 0 Å². The van der Waals surface area contributed by atoms with Crippen molar-refractivity contribution in [2.45, 2.75) is 50.9 Å². The Morgan fingerprint density at radius 1 is 1.27 bits per heavy atom. The summed E-state index contributed by atoms with van der Waals surface area (Å²) < 4.78 is 10.4. The monoisotopic (exact) mass is 220 g/mol. The molecule has 4 heteroatoms. The standard InChI is InChI=1S/C11H24O4/c1-11(2,15-4)8-9(13)7-10(14-3)5-6-12/h9-10,12-13H,5-8H2,1-4H3. The molecule has 0 aliphatic rings. The minimum Gasteiger partial charge on any atom is -0.396 e. The van der Waals surface area contributed by atoms with E-state index in [2.05, 4.69) is 0 Å². The molecule has 4 nitrogen and oxygen atoms in total. The van der Waals surface area contributed by atoms with E-state index >= 15 is 0 Å². The molecule has 0 heterocycles. The van der Waals surface area contributed by atoms with Crippen LogP contribution in [-0.2, 0) is 9.47 Å². The van der Waals surface area contributed by atoms with Crippen molar-refractivity contribution in [1.82, 2.24) is 0 Å². The van der Waals surface area contributed by atoms with Crippen LogP contribution in [0.15, 0.2) is 0 Å². The minimum absolute atomic E-state index is 0.0822. The Balaban J connectivity index is 3.94. The topological polar surface area (TPSA) is 58.9 Å². The van der Waals surface area contributed by atoms with Crippen LogP contribution in [0.5, 0.6) is 0 Å². The van der Waals surface area contributed by atoms with Crippen LogP contribution in [0, 0.1) is 0 Å². The van der Waals surface area contributed by atoms with E-state index in [1.54, 1.807) is 14.2 Å². The number of ether oxygens (including phenoxy) is 2. The predicted octanol–water partition coefficient (Wildman–Crippen LogP) is 0.950. The highest BCUT2D eigenvalue weighted by Crippen LogP contribution is 2.19. The van der Waals surface area contributed by atoms with Gasteiger partial charge in [0.05, 0.1) is 17.8 Å². The maximum absolute atomic E-state index is 9.80. The van der Waals surface area contributed by atoms with Gasteiger partial charge in [-0.2, -0.15) is 0 Å². The van der Waals surface area contributed by atoms with Gasteiger partial charge in [0.1, 0.15) is 0 Å². The van der Waals surface area contributed by atoms with Crippen LogP contribution in [0.4, 0.5) is 0 Å². The molecule has 0 aromatic heterocycles. The molecular weight excluding hydrogens is 196 g/mol. The fourth-order valence-electron chi connectivity index (χ4n) is 1.51. The van der Waals surface area contributed by atoms with Crippen LogP contribution < -0.4 is 0 Å². The summed E-state index contributed by atoms with van der Waals surface area (Å²) in [4.78, 5) is 0. The minimum atomic E-state index is -0.462. The summed E-state index contributed by atoms with van der Waals surface area (Å²) in [5, 5.41) is 18.6. The number of aliphatic hydroxyl groups is 2. The molecular formula is C11H24O4. The first-order valence-corrected chi connectivity index (χ1v) is 5.32. The molecule has 0 fully saturated rings. The molecule has 0 aromatic rings. The zero-order valence-corrected chi connectivity index (χ0v) is 10.2. The number of aliphatic hydroxyl groups excluding tert-OH is 2. The zero-order valence-electron chi connectivity index (χ0n) is 10.2. The number of hydrogen-bond donors (Lipinski definition) is 2. The highest BCUT2D eigenvalue weighted by atomic mass is 16.5. The van der Waals surface area contributed by atoms with Crippen LogP contribution in [0.3, 0.4) is 0 Å². The molecule has 0 saturated heterocycles. The Kier molecular flexibility index (Phi) is 7.09. The molecule has 2 atom stereocenters. The normalized spacial score (nSPS) is 16.4. The molecule has 0 spiro atoms. The van der Waals surface area contributed by atoms with Gasteiger partial charge in [0.15, 0.2) is 0 Å². The SMILES string of the molecule is COC(CCO)CC(O)CC(C)(C)OC. The second kappa shape index (κ2) is 7.17. The van der Waals surface area contributed by atoms with Crippen molar-refractivity contribution in [1.29, 1.82) is 0 Å². The third kappa shape index (κ3) is 6.84. The summed E-state index contributed by atoms with van der Waals surface area (Å²) in [6, 6.07) is 0. The van der Waals surface area contributed by atoms with Gasteiger partial charge in [0.2, 0.25) is 0 Å². The lowest BCUT2D eigenvalue weighted by atomic mass is 9.96. The first kappa shape index (κ1) is 14.8. The third-order valence-electron chi connectivity index (χ3n) is 2.60. The molecule has 0 rings (SSSR count). The van der Waals surface area contributed by atoms with E-state index in [1.165, 1.54) is 0 Å². The Labute approximate surface area is 92.2 Å². The van der Waals surface area contributed by atoms with E-state index in [-0.39, 0.29) is 18.3 Å². The molecule has 0 aliphatic carbocycles. The van der Waals surface area contributed by atoms with Gasteiger partial charge in [-0.1, -0.05) is 0 Å². The van der Waals surface area contributed by atoms with E-state index in [4.69, 9.17) is 14.6 Å². The lowest BCUT2D eigenvalue weighted by Gasteiger charge is -2.27. The van der Waals surface area contributed by atoms with Gasteiger partial charge in [-0.3, -0.25) is 0 Å². The average molecular weight is 220 g/mol. The number of methoxy groups -OCH3 is 2. The lowest BCUT2D eigenvalue weighted by molar-refractivity contribution is -0.0374. The van der Waals surface area contributed by atoms with Crippen LogP contribution in [0.25, 0.3) is 0 Å². The lowest BCUT2D eigenvalue weighted by Crippen LogP contribution is -2.31. The van der Waals surface area contributed by atoms with Gasteiger partial charge in [0, 0.05) is 27.2 Å². The molecule has 2 N–H and O–H groups in total. The predicted molar refractivity (Wildman–Crippen MR) is 58.8 cm³/mol.